The number of hydrogen-bond acceptors (Lipinski definition) is 4. The third kappa shape index (κ3) is 3.85. The molecule has 0 aliphatic heterocycles. The Kier molecular flexibility index (Phi) is 4.85. The average Bonchev–Trinajstić information content (AvgIpc) is 2.76. The molecule has 1 rings (SSSR count). The van der Waals surface area contributed by atoms with Crippen LogP contribution in [0.3, 0.4) is 0 Å². The molecule has 0 saturated heterocycles. The molecule has 7 nitrogen and oxygen atoms in total. The maximum absolute atomic E-state index is 11.5. The summed E-state index contributed by atoms with van der Waals surface area (Å²) in [5.41, 5.74) is 5.66. The first-order valence-electron chi connectivity index (χ1n) is 5.70. The van der Waals surface area contributed by atoms with Crippen LogP contribution in [0.4, 0.5) is 0 Å². The molecule has 0 saturated carbocycles. The van der Waals surface area contributed by atoms with Crippen molar-refractivity contribution in [2.45, 2.75) is 26.4 Å². The number of nitrogens with two attached hydrogens (primary N) is 1. The molecular formula is C11H18N4O3. The molecule has 1 heterocycles. The summed E-state index contributed by atoms with van der Waals surface area (Å²) in [6.07, 6.45) is 2.83. The van der Waals surface area contributed by atoms with E-state index in [0.29, 0.717) is 13.1 Å². The second-order valence-electron chi connectivity index (χ2n) is 4.36. The van der Waals surface area contributed by atoms with E-state index in [9.17, 15) is 9.59 Å². The van der Waals surface area contributed by atoms with Crippen LogP contribution in [0.2, 0.25) is 0 Å². The molecule has 1 amide bonds. The zero-order chi connectivity index (χ0) is 13.7. The van der Waals surface area contributed by atoms with Gasteiger partial charge in [0.15, 0.2) is 5.69 Å². The van der Waals surface area contributed by atoms with E-state index in [4.69, 9.17) is 10.8 Å². The van der Waals surface area contributed by atoms with Gasteiger partial charge in [-0.25, -0.2) is 9.78 Å². The van der Waals surface area contributed by atoms with E-state index in [-0.39, 0.29) is 17.5 Å². The molecule has 0 aliphatic rings. The van der Waals surface area contributed by atoms with E-state index in [1.807, 2.05) is 13.8 Å². The molecule has 0 bridgehead atoms. The fraction of sp³-hybridized carbons (Fsp3) is 0.545. The zero-order valence-electron chi connectivity index (χ0n) is 10.5. The number of carbonyl (C=O) groups excluding carboxylic acids is 1. The number of imidazole rings is 1. The monoisotopic (exact) mass is 254 g/mol. The largest absolute Gasteiger partial charge is 0.476 e. The number of rotatable bonds is 6. The Morgan fingerprint density at radius 3 is 2.72 bits per heavy atom. The van der Waals surface area contributed by atoms with Crippen molar-refractivity contribution < 1.29 is 14.7 Å². The predicted octanol–water partition coefficient (Wildman–Crippen LogP) is -0.319. The molecule has 1 aromatic heterocycles. The van der Waals surface area contributed by atoms with Gasteiger partial charge in [0, 0.05) is 19.3 Å². The molecule has 100 valence electrons. The SMILES string of the molecule is CC(C)C(N)C(=O)NCCn1cnc(C(=O)O)c1. The maximum atomic E-state index is 11.5. The summed E-state index contributed by atoms with van der Waals surface area (Å²) in [5.74, 6) is -1.19. The van der Waals surface area contributed by atoms with Gasteiger partial charge in [0.25, 0.3) is 0 Å². The van der Waals surface area contributed by atoms with Gasteiger partial charge in [-0.1, -0.05) is 13.8 Å². The summed E-state index contributed by atoms with van der Waals surface area (Å²) in [7, 11) is 0. The van der Waals surface area contributed by atoms with Crippen LogP contribution in [-0.2, 0) is 11.3 Å². The Balaban J connectivity index is 2.37. The lowest BCUT2D eigenvalue weighted by molar-refractivity contribution is -0.123. The molecular weight excluding hydrogens is 236 g/mol. The molecule has 0 aromatic carbocycles. The highest BCUT2D eigenvalue weighted by molar-refractivity contribution is 5.84. The number of carboxylic acids is 1. The van der Waals surface area contributed by atoms with Crippen LogP contribution in [0.25, 0.3) is 0 Å². The Labute approximate surface area is 105 Å². The van der Waals surface area contributed by atoms with Crippen molar-refractivity contribution in [2.24, 2.45) is 11.7 Å². The molecule has 0 spiro atoms. The first kappa shape index (κ1) is 14.2. The molecule has 0 aliphatic carbocycles. The smallest absolute Gasteiger partial charge is 0.356 e. The Bertz CT molecular complexity index is 428. The first-order chi connectivity index (χ1) is 8.41. The van der Waals surface area contributed by atoms with E-state index in [0.717, 1.165) is 0 Å². The summed E-state index contributed by atoms with van der Waals surface area (Å²) in [4.78, 5) is 25.8. The van der Waals surface area contributed by atoms with Gasteiger partial charge < -0.3 is 20.7 Å². The number of carbonyl (C=O) groups is 2. The van der Waals surface area contributed by atoms with Gasteiger partial charge in [-0.3, -0.25) is 4.79 Å². The van der Waals surface area contributed by atoms with Crippen molar-refractivity contribution >= 4 is 11.9 Å². The summed E-state index contributed by atoms with van der Waals surface area (Å²) in [6.45, 7) is 4.59. The highest BCUT2D eigenvalue weighted by Crippen LogP contribution is 1.98. The van der Waals surface area contributed by atoms with Gasteiger partial charge in [0.05, 0.1) is 12.4 Å². The van der Waals surface area contributed by atoms with Crippen LogP contribution >= 0.6 is 0 Å². The van der Waals surface area contributed by atoms with E-state index in [1.165, 1.54) is 12.5 Å². The molecule has 4 N–H and O–H groups in total. The van der Waals surface area contributed by atoms with E-state index in [1.54, 1.807) is 4.57 Å². The van der Waals surface area contributed by atoms with Crippen molar-refractivity contribution in [1.82, 2.24) is 14.9 Å². The van der Waals surface area contributed by atoms with Crippen LogP contribution < -0.4 is 11.1 Å². The molecule has 1 unspecified atom stereocenters. The zero-order valence-corrected chi connectivity index (χ0v) is 10.5. The second kappa shape index (κ2) is 6.15. The predicted molar refractivity (Wildman–Crippen MR) is 65.0 cm³/mol. The van der Waals surface area contributed by atoms with Crippen molar-refractivity contribution in [2.75, 3.05) is 6.54 Å². The van der Waals surface area contributed by atoms with E-state index >= 15 is 0 Å². The second-order valence-corrected chi connectivity index (χ2v) is 4.36. The maximum Gasteiger partial charge on any atom is 0.356 e. The molecule has 1 atom stereocenters. The number of nitrogens with one attached hydrogen (secondary N) is 1. The van der Waals surface area contributed by atoms with Crippen LogP contribution in [0.1, 0.15) is 24.3 Å². The van der Waals surface area contributed by atoms with Crippen molar-refractivity contribution in [3.63, 3.8) is 0 Å². The number of amides is 1. The lowest BCUT2D eigenvalue weighted by Gasteiger charge is -2.15. The number of nitrogens with zero attached hydrogens (tertiary/aromatic N) is 2. The van der Waals surface area contributed by atoms with Crippen molar-refractivity contribution in [3.8, 4) is 0 Å². The normalized spacial score (nSPS) is 12.4. The van der Waals surface area contributed by atoms with Crippen molar-refractivity contribution in [3.05, 3.63) is 18.2 Å². The Morgan fingerprint density at radius 1 is 1.56 bits per heavy atom. The molecule has 0 radical (unpaired) electrons. The van der Waals surface area contributed by atoms with Gasteiger partial charge in [0.1, 0.15) is 0 Å². The number of aromatic nitrogens is 2. The highest BCUT2D eigenvalue weighted by Gasteiger charge is 2.16. The van der Waals surface area contributed by atoms with Crippen molar-refractivity contribution in [1.29, 1.82) is 0 Å². The Hall–Kier alpha value is -1.89. The number of aromatic carboxylic acids is 1. The molecule has 1 aromatic rings. The van der Waals surface area contributed by atoms with Gasteiger partial charge in [-0.2, -0.15) is 0 Å². The van der Waals surface area contributed by atoms with Crippen LogP contribution in [-0.4, -0.2) is 39.1 Å². The van der Waals surface area contributed by atoms with Gasteiger partial charge in [-0.05, 0) is 5.92 Å². The number of hydrogen-bond donors (Lipinski definition) is 3. The summed E-state index contributed by atoms with van der Waals surface area (Å²) in [5, 5.41) is 11.4. The first-order valence-corrected chi connectivity index (χ1v) is 5.70. The summed E-state index contributed by atoms with van der Waals surface area (Å²) >= 11 is 0. The fourth-order valence-electron chi connectivity index (χ4n) is 1.32. The Morgan fingerprint density at radius 2 is 2.22 bits per heavy atom. The minimum Gasteiger partial charge on any atom is -0.476 e. The minimum absolute atomic E-state index is 0.0137. The number of carboxylic acid groups (broad SMARTS) is 1. The van der Waals surface area contributed by atoms with Gasteiger partial charge >= 0.3 is 5.97 Å². The summed E-state index contributed by atoms with van der Waals surface area (Å²) in [6, 6.07) is -0.526. The fourth-order valence-corrected chi connectivity index (χ4v) is 1.32. The average molecular weight is 254 g/mol. The quantitative estimate of drug-likeness (QED) is 0.644. The third-order valence-electron chi connectivity index (χ3n) is 2.54. The van der Waals surface area contributed by atoms with Crippen LogP contribution in [0.15, 0.2) is 12.5 Å². The topological polar surface area (TPSA) is 110 Å². The van der Waals surface area contributed by atoms with Gasteiger partial charge in [0.2, 0.25) is 5.91 Å². The molecule has 0 fully saturated rings. The summed E-state index contributed by atoms with van der Waals surface area (Å²) < 4.78 is 1.60. The lowest BCUT2D eigenvalue weighted by atomic mass is 10.1. The van der Waals surface area contributed by atoms with E-state index in [2.05, 4.69) is 10.3 Å². The van der Waals surface area contributed by atoms with E-state index < -0.39 is 12.0 Å². The standard InChI is InChI=1S/C11H18N4O3/c1-7(2)9(12)10(16)13-3-4-15-5-8(11(17)18)14-6-15/h5-7,9H,3-4,12H2,1-2H3,(H,13,16)(H,17,18). The minimum atomic E-state index is -1.07. The highest BCUT2D eigenvalue weighted by atomic mass is 16.4. The molecule has 7 heteroatoms. The van der Waals surface area contributed by atoms with Crippen LogP contribution in [0, 0.1) is 5.92 Å². The van der Waals surface area contributed by atoms with Crippen LogP contribution in [0.5, 0.6) is 0 Å². The molecule has 18 heavy (non-hydrogen) atoms. The lowest BCUT2D eigenvalue weighted by Crippen LogP contribution is -2.44. The van der Waals surface area contributed by atoms with Gasteiger partial charge in [-0.15, -0.1) is 0 Å². The third-order valence-corrected chi connectivity index (χ3v) is 2.54.